The summed E-state index contributed by atoms with van der Waals surface area (Å²) in [5, 5.41) is 0. The van der Waals surface area contributed by atoms with Crippen molar-refractivity contribution in [2.45, 2.75) is 46.7 Å². The lowest BCUT2D eigenvalue weighted by Gasteiger charge is -2.11. The van der Waals surface area contributed by atoms with E-state index in [2.05, 4.69) is 43.5 Å². The number of aromatic nitrogens is 2. The predicted molar refractivity (Wildman–Crippen MR) is 103 cm³/mol. The van der Waals surface area contributed by atoms with Gasteiger partial charge in [-0.05, 0) is 68.5 Å². The summed E-state index contributed by atoms with van der Waals surface area (Å²) in [4.78, 5) is 4.70. The normalized spacial score (nSPS) is 11.2. The summed E-state index contributed by atoms with van der Waals surface area (Å²) in [5.41, 5.74) is 11.9. The van der Waals surface area contributed by atoms with Gasteiger partial charge in [-0.25, -0.2) is 4.98 Å². The molecule has 0 fully saturated rings. The van der Waals surface area contributed by atoms with Crippen molar-refractivity contribution in [3.8, 4) is 5.75 Å². The van der Waals surface area contributed by atoms with Crippen LogP contribution in [0.15, 0.2) is 36.4 Å². The number of fused-ring (bicyclic) bond motifs is 1. The molecule has 132 valence electrons. The van der Waals surface area contributed by atoms with E-state index < -0.39 is 0 Å². The average Bonchev–Trinajstić information content (AvgIpc) is 2.93. The third-order valence-corrected chi connectivity index (χ3v) is 4.75. The molecule has 2 N–H and O–H groups in total. The molecule has 0 unspecified atom stereocenters. The van der Waals surface area contributed by atoms with Crippen molar-refractivity contribution >= 4 is 11.0 Å². The Hall–Kier alpha value is -2.33. The van der Waals surface area contributed by atoms with Crippen LogP contribution in [-0.4, -0.2) is 16.2 Å². The molecule has 1 heterocycles. The number of aryl methyl sites for hydroxylation is 4. The second kappa shape index (κ2) is 7.70. The predicted octanol–water partition coefficient (Wildman–Crippen LogP) is 4.28. The van der Waals surface area contributed by atoms with Crippen LogP contribution in [0.1, 0.15) is 35.4 Å². The van der Waals surface area contributed by atoms with Crippen LogP contribution in [0.25, 0.3) is 11.0 Å². The summed E-state index contributed by atoms with van der Waals surface area (Å²) in [6, 6.07) is 12.5. The molecule has 0 saturated heterocycles. The van der Waals surface area contributed by atoms with Crippen LogP contribution in [0, 0.1) is 20.8 Å². The highest BCUT2D eigenvalue weighted by molar-refractivity contribution is 5.78. The molecular formula is C21H27N3O. The van der Waals surface area contributed by atoms with Gasteiger partial charge < -0.3 is 15.0 Å². The Labute approximate surface area is 149 Å². The molecule has 0 aliphatic rings. The molecule has 0 radical (unpaired) electrons. The Morgan fingerprint density at radius 2 is 1.76 bits per heavy atom. The first-order valence-corrected chi connectivity index (χ1v) is 8.95. The summed E-state index contributed by atoms with van der Waals surface area (Å²) >= 11 is 0. The van der Waals surface area contributed by atoms with Crippen molar-refractivity contribution in [2.75, 3.05) is 6.61 Å². The number of hydrogen-bond donors (Lipinski definition) is 1. The van der Waals surface area contributed by atoms with Gasteiger partial charge in [-0.2, -0.15) is 0 Å². The van der Waals surface area contributed by atoms with Gasteiger partial charge >= 0.3 is 0 Å². The molecule has 4 nitrogen and oxygen atoms in total. The number of nitrogens with zero attached hydrogens (tertiary/aromatic N) is 2. The zero-order chi connectivity index (χ0) is 17.8. The second-order valence-electron chi connectivity index (χ2n) is 6.63. The molecule has 0 spiro atoms. The zero-order valence-corrected chi connectivity index (χ0v) is 15.4. The van der Waals surface area contributed by atoms with Crippen molar-refractivity contribution in [1.82, 2.24) is 9.55 Å². The molecule has 0 saturated carbocycles. The number of imidazole rings is 1. The van der Waals surface area contributed by atoms with Gasteiger partial charge in [-0.3, -0.25) is 0 Å². The van der Waals surface area contributed by atoms with E-state index in [1.54, 1.807) is 0 Å². The highest BCUT2D eigenvalue weighted by Crippen LogP contribution is 2.22. The van der Waals surface area contributed by atoms with E-state index in [-0.39, 0.29) is 0 Å². The number of para-hydroxylation sites is 1. The minimum Gasteiger partial charge on any atom is -0.493 e. The minimum atomic E-state index is 0.465. The van der Waals surface area contributed by atoms with Crippen molar-refractivity contribution in [2.24, 2.45) is 5.73 Å². The monoisotopic (exact) mass is 337 g/mol. The molecule has 3 aromatic rings. The molecular weight excluding hydrogens is 310 g/mol. The third-order valence-electron chi connectivity index (χ3n) is 4.75. The minimum absolute atomic E-state index is 0.465. The standard InChI is InChI=1S/C21H27N3O/c1-15-8-4-5-9-20(15)25-11-7-6-10-24-19-13-17(3)16(2)12-18(19)23-21(24)14-22/h4-5,8-9,12-13H,6-7,10-11,14,22H2,1-3H3. The highest BCUT2D eigenvalue weighted by Gasteiger charge is 2.10. The Balaban J connectivity index is 1.63. The SMILES string of the molecule is Cc1cc2nc(CN)n(CCCCOc3ccccc3C)c2cc1C. The van der Waals surface area contributed by atoms with Gasteiger partial charge in [0.2, 0.25) is 0 Å². The molecule has 4 heteroatoms. The van der Waals surface area contributed by atoms with E-state index in [4.69, 9.17) is 15.5 Å². The topological polar surface area (TPSA) is 53.1 Å². The van der Waals surface area contributed by atoms with Gasteiger partial charge in [0.1, 0.15) is 11.6 Å². The molecule has 0 aliphatic carbocycles. The molecule has 0 amide bonds. The zero-order valence-electron chi connectivity index (χ0n) is 15.4. The number of ether oxygens (including phenoxy) is 1. The van der Waals surface area contributed by atoms with Crippen molar-refractivity contribution < 1.29 is 4.74 Å². The van der Waals surface area contributed by atoms with E-state index in [1.165, 1.54) is 22.2 Å². The summed E-state index contributed by atoms with van der Waals surface area (Å²) in [6.07, 6.45) is 2.04. The van der Waals surface area contributed by atoms with E-state index in [9.17, 15) is 0 Å². The summed E-state index contributed by atoms with van der Waals surface area (Å²) in [6.45, 7) is 8.45. The van der Waals surface area contributed by atoms with Crippen molar-refractivity contribution in [1.29, 1.82) is 0 Å². The van der Waals surface area contributed by atoms with Gasteiger partial charge in [0.25, 0.3) is 0 Å². The highest BCUT2D eigenvalue weighted by atomic mass is 16.5. The van der Waals surface area contributed by atoms with E-state index in [0.717, 1.165) is 43.1 Å². The first-order chi connectivity index (χ1) is 12.1. The average molecular weight is 337 g/mol. The van der Waals surface area contributed by atoms with Crippen LogP contribution in [0.4, 0.5) is 0 Å². The van der Waals surface area contributed by atoms with Crippen LogP contribution < -0.4 is 10.5 Å². The van der Waals surface area contributed by atoms with Crippen LogP contribution in [-0.2, 0) is 13.1 Å². The lowest BCUT2D eigenvalue weighted by Crippen LogP contribution is -2.09. The Kier molecular flexibility index (Phi) is 5.39. The summed E-state index contributed by atoms with van der Waals surface area (Å²) < 4.78 is 8.14. The van der Waals surface area contributed by atoms with Gasteiger partial charge in [-0.15, -0.1) is 0 Å². The van der Waals surface area contributed by atoms with Crippen LogP contribution in [0.3, 0.4) is 0 Å². The van der Waals surface area contributed by atoms with Gasteiger partial charge in [0.05, 0.1) is 24.2 Å². The molecule has 1 aromatic heterocycles. The number of nitrogens with two attached hydrogens (primary N) is 1. The van der Waals surface area contributed by atoms with Crippen LogP contribution in [0.5, 0.6) is 5.75 Å². The van der Waals surface area contributed by atoms with Crippen molar-refractivity contribution in [3.05, 3.63) is 58.9 Å². The van der Waals surface area contributed by atoms with E-state index in [0.29, 0.717) is 6.54 Å². The number of benzene rings is 2. The fourth-order valence-corrected chi connectivity index (χ4v) is 3.11. The Bertz CT molecular complexity index is 867. The maximum atomic E-state index is 5.91. The lowest BCUT2D eigenvalue weighted by molar-refractivity contribution is 0.301. The van der Waals surface area contributed by atoms with Crippen LogP contribution in [0.2, 0.25) is 0 Å². The number of hydrogen-bond acceptors (Lipinski definition) is 3. The smallest absolute Gasteiger partial charge is 0.123 e. The Morgan fingerprint density at radius 3 is 2.52 bits per heavy atom. The first kappa shape index (κ1) is 17.5. The summed E-state index contributed by atoms with van der Waals surface area (Å²) in [7, 11) is 0. The van der Waals surface area contributed by atoms with E-state index in [1.807, 2.05) is 18.2 Å². The van der Waals surface area contributed by atoms with E-state index >= 15 is 0 Å². The Morgan fingerprint density at radius 1 is 1.00 bits per heavy atom. The maximum Gasteiger partial charge on any atom is 0.123 e. The van der Waals surface area contributed by atoms with Crippen LogP contribution >= 0.6 is 0 Å². The van der Waals surface area contributed by atoms with Crippen molar-refractivity contribution in [3.63, 3.8) is 0 Å². The van der Waals surface area contributed by atoms with Gasteiger partial charge in [-0.1, -0.05) is 18.2 Å². The molecule has 0 aliphatic heterocycles. The summed E-state index contributed by atoms with van der Waals surface area (Å²) in [5.74, 6) is 1.93. The number of rotatable bonds is 7. The maximum absolute atomic E-state index is 5.91. The molecule has 0 atom stereocenters. The first-order valence-electron chi connectivity index (χ1n) is 8.95. The van der Waals surface area contributed by atoms with Gasteiger partial charge in [0.15, 0.2) is 0 Å². The fourth-order valence-electron chi connectivity index (χ4n) is 3.11. The quantitative estimate of drug-likeness (QED) is 0.655. The molecule has 2 aromatic carbocycles. The second-order valence-corrected chi connectivity index (χ2v) is 6.63. The largest absolute Gasteiger partial charge is 0.493 e. The lowest BCUT2D eigenvalue weighted by atomic mass is 10.1. The third kappa shape index (κ3) is 3.85. The molecule has 0 bridgehead atoms. The molecule has 25 heavy (non-hydrogen) atoms. The fraction of sp³-hybridized carbons (Fsp3) is 0.381. The van der Waals surface area contributed by atoms with Gasteiger partial charge in [0, 0.05) is 6.54 Å². The molecule has 3 rings (SSSR count). The number of unbranched alkanes of at least 4 members (excludes halogenated alkanes) is 1.